The summed E-state index contributed by atoms with van der Waals surface area (Å²) in [5.41, 5.74) is 1.81. The van der Waals surface area contributed by atoms with Crippen molar-refractivity contribution in [1.82, 2.24) is 15.1 Å². The lowest BCUT2D eigenvalue weighted by Gasteiger charge is -2.20. The van der Waals surface area contributed by atoms with Crippen LogP contribution in [0.2, 0.25) is 0 Å². The summed E-state index contributed by atoms with van der Waals surface area (Å²) in [5, 5.41) is 9.32. The molecule has 0 spiro atoms. The van der Waals surface area contributed by atoms with Crippen molar-refractivity contribution in [2.75, 3.05) is 25.5 Å². The first-order valence-electron chi connectivity index (χ1n) is 7.28. The molecular formula is C16H20N4O3. The Labute approximate surface area is 134 Å². The van der Waals surface area contributed by atoms with Gasteiger partial charge in [-0.25, -0.2) is 0 Å². The fraction of sp³-hybridized carbons (Fsp3) is 0.312. The molecule has 23 heavy (non-hydrogen) atoms. The summed E-state index contributed by atoms with van der Waals surface area (Å²) in [5.74, 6) is 0.235. The van der Waals surface area contributed by atoms with Gasteiger partial charge in [0.25, 0.3) is 5.91 Å². The van der Waals surface area contributed by atoms with Gasteiger partial charge in [-0.05, 0) is 38.1 Å². The Morgan fingerprint density at radius 3 is 2.52 bits per heavy atom. The van der Waals surface area contributed by atoms with Crippen LogP contribution in [0.4, 0.5) is 5.69 Å². The van der Waals surface area contributed by atoms with Gasteiger partial charge in [0.2, 0.25) is 5.91 Å². The predicted octanol–water partition coefficient (Wildman–Crippen LogP) is 1.83. The number of carbonyl (C=O) groups is 2. The fourth-order valence-corrected chi connectivity index (χ4v) is 2.11. The van der Waals surface area contributed by atoms with Gasteiger partial charge in [0.15, 0.2) is 0 Å². The van der Waals surface area contributed by atoms with Crippen molar-refractivity contribution in [3.05, 3.63) is 41.7 Å². The molecule has 0 bridgehead atoms. The van der Waals surface area contributed by atoms with Gasteiger partial charge in [-0.15, -0.1) is 0 Å². The van der Waals surface area contributed by atoms with Crippen LogP contribution in [0.15, 0.2) is 30.5 Å². The highest BCUT2D eigenvalue weighted by Crippen LogP contribution is 2.15. The van der Waals surface area contributed by atoms with Gasteiger partial charge in [-0.3, -0.25) is 14.7 Å². The zero-order valence-corrected chi connectivity index (χ0v) is 13.4. The minimum absolute atomic E-state index is 0.0218. The van der Waals surface area contributed by atoms with E-state index in [4.69, 9.17) is 4.74 Å². The van der Waals surface area contributed by atoms with Crippen LogP contribution in [0, 0.1) is 6.92 Å². The second-order valence-corrected chi connectivity index (χ2v) is 5.00. The van der Waals surface area contributed by atoms with E-state index in [0.29, 0.717) is 29.2 Å². The standard InChI is InChI=1S/C16H20N4O3/c1-4-20(16(22)14-9-17-19-11(14)2)10-15(21)18-12-5-7-13(23-3)8-6-12/h5-9H,4,10H2,1-3H3,(H,17,19)(H,18,21). The van der Waals surface area contributed by atoms with E-state index in [1.54, 1.807) is 38.3 Å². The van der Waals surface area contributed by atoms with Crippen molar-refractivity contribution in [2.45, 2.75) is 13.8 Å². The third kappa shape index (κ3) is 4.09. The average molecular weight is 316 g/mol. The number of carbonyl (C=O) groups excluding carboxylic acids is 2. The van der Waals surface area contributed by atoms with E-state index >= 15 is 0 Å². The third-order valence-electron chi connectivity index (χ3n) is 3.44. The number of aromatic nitrogens is 2. The summed E-state index contributed by atoms with van der Waals surface area (Å²) in [4.78, 5) is 26.0. The van der Waals surface area contributed by atoms with Gasteiger partial charge in [0.05, 0.1) is 18.9 Å². The number of ether oxygens (including phenoxy) is 1. The number of aryl methyl sites for hydroxylation is 1. The molecule has 0 saturated heterocycles. The molecule has 1 heterocycles. The minimum atomic E-state index is -0.258. The number of hydrogen-bond acceptors (Lipinski definition) is 4. The Kier molecular flexibility index (Phi) is 5.35. The number of nitrogens with one attached hydrogen (secondary N) is 2. The van der Waals surface area contributed by atoms with Gasteiger partial charge >= 0.3 is 0 Å². The summed E-state index contributed by atoms with van der Waals surface area (Å²) in [6.45, 7) is 4.00. The molecule has 2 rings (SSSR count). The third-order valence-corrected chi connectivity index (χ3v) is 3.44. The van der Waals surface area contributed by atoms with Crippen LogP contribution in [-0.4, -0.2) is 47.1 Å². The largest absolute Gasteiger partial charge is 0.497 e. The maximum Gasteiger partial charge on any atom is 0.257 e. The topological polar surface area (TPSA) is 87.3 Å². The van der Waals surface area contributed by atoms with Crippen molar-refractivity contribution in [2.24, 2.45) is 0 Å². The highest BCUT2D eigenvalue weighted by Gasteiger charge is 2.20. The average Bonchev–Trinajstić information content (AvgIpc) is 2.98. The van der Waals surface area contributed by atoms with E-state index < -0.39 is 0 Å². The van der Waals surface area contributed by atoms with Crippen LogP contribution in [0.1, 0.15) is 23.0 Å². The molecule has 2 aromatic rings. The SMILES string of the molecule is CCN(CC(=O)Nc1ccc(OC)cc1)C(=O)c1cn[nH]c1C. The van der Waals surface area contributed by atoms with Crippen LogP contribution in [0.25, 0.3) is 0 Å². The van der Waals surface area contributed by atoms with Crippen molar-refractivity contribution in [1.29, 1.82) is 0 Å². The van der Waals surface area contributed by atoms with Crippen molar-refractivity contribution >= 4 is 17.5 Å². The number of anilines is 1. The van der Waals surface area contributed by atoms with E-state index in [9.17, 15) is 9.59 Å². The first kappa shape index (κ1) is 16.5. The number of hydrogen-bond donors (Lipinski definition) is 2. The first-order valence-corrected chi connectivity index (χ1v) is 7.28. The maximum atomic E-state index is 12.4. The lowest BCUT2D eigenvalue weighted by Crippen LogP contribution is -2.38. The Morgan fingerprint density at radius 1 is 1.30 bits per heavy atom. The van der Waals surface area contributed by atoms with Crippen molar-refractivity contribution in [3.63, 3.8) is 0 Å². The maximum absolute atomic E-state index is 12.4. The predicted molar refractivity (Wildman–Crippen MR) is 86.5 cm³/mol. The van der Waals surface area contributed by atoms with E-state index in [-0.39, 0.29) is 18.4 Å². The first-order chi connectivity index (χ1) is 11.0. The quantitative estimate of drug-likeness (QED) is 0.851. The minimum Gasteiger partial charge on any atom is -0.497 e. The Balaban J connectivity index is 1.99. The number of likely N-dealkylation sites (N-methyl/N-ethyl adjacent to an activating group) is 1. The molecule has 0 aliphatic carbocycles. The molecular weight excluding hydrogens is 296 g/mol. The molecule has 0 fully saturated rings. The summed E-state index contributed by atoms with van der Waals surface area (Å²) < 4.78 is 5.07. The lowest BCUT2D eigenvalue weighted by molar-refractivity contribution is -0.116. The summed E-state index contributed by atoms with van der Waals surface area (Å²) in [7, 11) is 1.58. The van der Waals surface area contributed by atoms with Gasteiger partial charge in [0.1, 0.15) is 12.3 Å². The zero-order valence-electron chi connectivity index (χ0n) is 13.4. The molecule has 0 aliphatic rings. The molecule has 1 aromatic heterocycles. The molecule has 0 unspecified atom stereocenters. The molecule has 7 heteroatoms. The number of nitrogens with zero attached hydrogens (tertiary/aromatic N) is 2. The fourth-order valence-electron chi connectivity index (χ4n) is 2.11. The van der Waals surface area contributed by atoms with E-state index in [1.165, 1.54) is 11.1 Å². The van der Waals surface area contributed by atoms with E-state index in [1.807, 2.05) is 6.92 Å². The second kappa shape index (κ2) is 7.44. The molecule has 1 aromatic carbocycles. The van der Waals surface area contributed by atoms with Crippen LogP contribution in [0.3, 0.4) is 0 Å². The zero-order chi connectivity index (χ0) is 16.8. The lowest BCUT2D eigenvalue weighted by atomic mass is 10.2. The smallest absolute Gasteiger partial charge is 0.257 e. The molecule has 2 N–H and O–H groups in total. The van der Waals surface area contributed by atoms with Crippen molar-refractivity contribution in [3.8, 4) is 5.75 Å². The van der Waals surface area contributed by atoms with Crippen LogP contribution in [-0.2, 0) is 4.79 Å². The molecule has 7 nitrogen and oxygen atoms in total. The Morgan fingerprint density at radius 2 is 2.00 bits per heavy atom. The number of benzene rings is 1. The molecule has 122 valence electrons. The van der Waals surface area contributed by atoms with Crippen LogP contribution >= 0.6 is 0 Å². The Bertz CT molecular complexity index is 679. The summed E-state index contributed by atoms with van der Waals surface area (Å²) in [6.07, 6.45) is 1.47. The van der Waals surface area contributed by atoms with Gasteiger partial charge in [0, 0.05) is 17.9 Å². The molecule has 0 aliphatic heterocycles. The highest BCUT2D eigenvalue weighted by molar-refractivity contribution is 5.99. The van der Waals surface area contributed by atoms with Gasteiger partial charge in [-0.1, -0.05) is 0 Å². The second-order valence-electron chi connectivity index (χ2n) is 5.00. The molecule has 0 saturated carbocycles. The molecule has 0 atom stereocenters. The number of amides is 2. The normalized spacial score (nSPS) is 10.2. The summed E-state index contributed by atoms with van der Waals surface area (Å²) >= 11 is 0. The monoisotopic (exact) mass is 316 g/mol. The number of H-pyrrole nitrogens is 1. The highest BCUT2D eigenvalue weighted by atomic mass is 16.5. The Hall–Kier alpha value is -2.83. The summed E-state index contributed by atoms with van der Waals surface area (Å²) in [6, 6.07) is 7.00. The number of methoxy groups -OCH3 is 1. The van der Waals surface area contributed by atoms with Gasteiger partial charge in [-0.2, -0.15) is 5.10 Å². The number of rotatable bonds is 6. The van der Waals surface area contributed by atoms with Crippen LogP contribution < -0.4 is 10.1 Å². The van der Waals surface area contributed by atoms with Crippen LogP contribution in [0.5, 0.6) is 5.75 Å². The van der Waals surface area contributed by atoms with E-state index in [2.05, 4.69) is 15.5 Å². The van der Waals surface area contributed by atoms with Gasteiger partial charge < -0.3 is 15.0 Å². The number of aromatic amines is 1. The molecule has 2 amide bonds. The van der Waals surface area contributed by atoms with E-state index in [0.717, 1.165) is 0 Å². The van der Waals surface area contributed by atoms with Crippen molar-refractivity contribution < 1.29 is 14.3 Å². The molecule has 0 radical (unpaired) electrons.